The second-order valence-electron chi connectivity index (χ2n) is 5.27. The van der Waals surface area contributed by atoms with Gasteiger partial charge in [0.15, 0.2) is 15.5 Å². The second kappa shape index (κ2) is 8.49. The van der Waals surface area contributed by atoms with E-state index in [-0.39, 0.29) is 11.4 Å². The highest BCUT2D eigenvalue weighted by Crippen LogP contribution is 2.30. The smallest absolute Gasteiger partial charge is 0.406 e. The van der Waals surface area contributed by atoms with Crippen LogP contribution >= 0.6 is 0 Å². The van der Waals surface area contributed by atoms with Crippen LogP contribution in [0.1, 0.15) is 11.3 Å². The highest BCUT2D eigenvalue weighted by Gasteiger charge is 2.21. The van der Waals surface area contributed by atoms with E-state index in [9.17, 15) is 18.5 Å². The van der Waals surface area contributed by atoms with Gasteiger partial charge in [0.05, 0.1) is 26.9 Å². The van der Waals surface area contributed by atoms with E-state index in [0.717, 1.165) is 5.41 Å². The number of aromatic nitrogens is 1. The molecule has 2 rings (SSSR count). The topological polar surface area (TPSA) is 118 Å². The summed E-state index contributed by atoms with van der Waals surface area (Å²) in [4.78, 5) is 14.1. The van der Waals surface area contributed by atoms with Gasteiger partial charge in [0.25, 0.3) is 0 Å². The minimum atomic E-state index is -3.76. The van der Waals surface area contributed by atoms with Crippen LogP contribution in [0.15, 0.2) is 35.7 Å². The summed E-state index contributed by atoms with van der Waals surface area (Å²) in [5, 5.41) is 12.0. The highest BCUT2D eigenvalue weighted by atomic mass is 32.2. The lowest BCUT2D eigenvalue weighted by atomic mass is 10.2. The summed E-state index contributed by atoms with van der Waals surface area (Å²) < 4.78 is 40.1. The third kappa shape index (κ3) is 4.94. The molecule has 0 saturated carbocycles. The maximum absolute atomic E-state index is 12.4. The lowest BCUT2D eigenvalue weighted by Gasteiger charge is -2.09. The van der Waals surface area contributed by atoms with Gasteiger partial charge < -0.3 is 24.3 Å². The first-order valence-electron chi connectivity index (χ1n) is 7.61. The van der Waals surface area contributed by atoms with E-state index >= 15 is 0 Å². The number of nitro groups is 1. The van der Waals surface area contributed by atoms with E-state index < -0.39 is 26.3 Å². The first kappa shape index (κ1) is 20.2. The number of hydrogen-bond acceptors (Lipinski definition) is 8. The molecule has 0 fully saturated rings. The number of hydrogen-bond donors (Lipinski definition) is 0. The van der Waals surface area contributed by atoms with Gasteiger partial charge in [0.2, 0.25) is 5.75 Å². The minimum absolute atomic E-state index is 0.0270. The van der Waals surface area contributed by atoms with Crippen molar-refractivity contribution in [2.75, 3.05) is 21.3 Å². The molecule has 0 aliphatic carbocycles. The molecule has 1 aromatic carbocycles. The summed E-state index contributed by atoms with van der Waals surface area (Å²) in [5.74, 6) is -0.208. The van der Waals surface area contributed by atoms with Gasteiger partial charge in [-0.25, -0.2) is 8.42 Å². The molecule has 0 aliphatic rings. The molecule has 0 atom stereocenters. The average molecular weight is 394 g/mol. The van der Waals surface area contributed by atoms with Crippen molar-refractivity contribution in [3.63, 3.8) is 0 Å². The van der Waals surface area contributed by atoms with E-state index in [4.69, 9.17) is 14.2 Å². The molecule has 2 aromatic rings. The van der Waals surface area contributed by atoms with Crippen LogP contribution in [-0.2, 0) is 15.6 Å². The summed E-state index contributed by atoms with van der Waals surface area (Å²) in [6, 6.07) is 7.72. The van der Waals surface area contributed by atoms with Crippen LogP contribution in [-0.4, -0.2) is 39.7 Å². The summed E-state index contributed by atoms with van der Waals surface area (Å²) in [6.45, 7) is 0. The minimum Gasteiger partial charge on any atom is -0.496 e. The van der Waals surface area contributed by atoms with Crippen molar-refractivity contribution in [1.29, 1.82) is 0 Å². The molecular formula is C17H18N2O7S. The molecule has 0 unspecified atom stereocenters. The van der Waals surface area contributed by atoms with Crippen molar-refractivity contribution in [3.05, 3.63) is 57.1 Å². The van der Waals surface area contributed by atoms with Crippen LogP contribution in [0.3, 0.4) is 0 Å². The SMILES string of the molecule is COc1ccc(CS(=O)(=O)C=Cc2c(OC)cccc2OC)nc1[N+](=O)[O-]. The van der Waals surface area contributed by atoms with Gasteiger partial charge in [-0.05, 0) is 40.2 Å². The Morgan fingerprint density at radius 1 is 1.04 bits per heavy atom. The Morgan fingerprint density at radius 2 is 1.63 bits per heavy atom. The fraction of sp³-hybridized carbons (Fsp3) is 0.235. The summed E-state index contributed by atoms with van der Waals surface area (Å²) in [7, 11) is 0.424. The molecule has 0 saturated heterocycles. The number of ether oxygens (including phenoxy) is 3. The Morgan fingerprint density at radius 3 is 2.15 bits per heavy atom. The first-order valence-corrected chi connectivity index (χ1v) is 9.33. The van der Waals surface area contributed by atoms with Crippen molar-refractivity contribution in [2.45, 2.75) is 5.75 Å². The molecule has 9 nitrogen and oxygen atoms in total. The van der Waals surface area contributed by atoms with Gasteiger partial charge in [-0.2, -0.15) is 0 Å². The van der Waals surface area contributed by atoms with E-state index in [2.05, 4.69) is 4.98 Å². The lowest BCUT2D eigenvalue weighted by Crippen LogP contribution is -2.05. The number of rotatable bonds is 8. The molecule has 10 heteroatoms. The van der Waals surface area contributed by atoms with Crippen molar-refractivity contribution in [2.24, 2.45) is 0 Å². The Kier molecular flexibility index (Phi) is 6.35. The number of sulfone groups is 1. The Labute approximate surface area is 156 Å². The third-order valence-corrected chi connectivity index (χ3v) is 4.80. The van der Waals surface area contributed by atoms with Gasteiger partial charge >= 0.3 is 5.82 Å². The molecule has 0 amide bonds. The highest BCUT2D eigenvalue weighted by molar-refractivity contribution is 7.93. The number of nitrogens with zero attached hydrogens (tertiary/aromatic N) is 2. The normalized spacial score (nSPS) is 11.4. The van der Waals surface area contributed by atoms with E-state index in [1.54, 1.807) is 18.2 Å². The molecule has 0 aliphatic heterocycles. The van der Waals surface area contributed by atoms with Gasteiger partial charge in [0, 0.05) is 5.41 Å². The Hall–Kier alpha value is -3.14. The van der Waals surface area contributed by atoms with Crippen LogP contribution in [0.2, 0.25) is 0 Å². The molecule has 1 heterocycles. The molecule has 144 valence electrons. The predicted octanol–water partition coefficient (Wildman–Crippen LogP) is 2.60. The molecule has 27 heavy (non-hydrogen) atoms. The van der Waals surface area contributed by atoms with Gasteiger partial charge in [0.1, 0.15) is 17.3 Å². The number of pyridine rings is 1. The molecule has 0 radical (unpaired) electrons. The zero-order chi connectivity index (χ0) is 20.0. The fourth-order valence-electron chi connectivity index (χ4n) is 2.32. The van der Waals surface area contributed by atoms with Gasteiger partial charge in [-0.1, -0.05) is 6.07 Å². The van der Waals surface area contributed by atoms with Gasteiger partial charge in [-0.15, -0.1) is 0 Å². The standard InChI is InChI=1S/C17H18N2O7S/c1-24-14-5-4-6-15(25-2)13(14)9-10-27(22,23)11-12-7-8-16(26-3)17(18-12)19(20)21/h4-10H,11H2,1-3H3. The average Bonchev–Trinajstić information content (AvgIpc) is 2.65. The van der Waals surface area contributed by atoms with Crippen LogP contribution in [0.4, 0.5) is 5.82 Å². The Balaban J connectivity index is 2.32. The lowest BCUT2D eigenvalue weighted by molar-refractivity contribution is -0.390. The van der Waals surface area contributed by atoms with Gasteiger partial charge in [-0.3, -0.25) is 0 Å². The number of methoxy groups -OCH3 is 3. The van der Waals surface area contributed by atoms with E-state index in [1.165, 1.54) is 39.5 Å². The first-order chi connectivity index (χ1) is 12.8. The molecule has 0 N–H and O–H groups in total. The summed E-state index contributed by atoms with van der Waals surface area (Å²) >= 11 is 0. The zero-order valence-electron chi connectivity index (χ0n) is 14.9. The molecule has 0 bridgehead atoms. The quantitative estimate of drug-likeness (QED) is 0.495. The van der Waals surface area contributed by atoms with E-state index in [0.29, 0.717) is 17.1 Å². The van der Waals surface area contributed by atoms with E-state index in [1.807, 2.05) is 0 Å². The van der Waals surface area contributed by atoms with Crippen molar-refractivity contribution >= 4 is 21.7 Å². The zero-order valence-corrected chi connectivity index (χ0v) is 15.7. The second-order valence-corrected chi connectivity index (χ2v) is 7.16. The monoisotopic (exact) mass is 394 g/mol. The van der Waals surface area contributed by atoms with Crippen molar-refractivity contribution in [3.8, 4) is 17.2 Å². The Bertz CT molecular complexity index is 949. The molecule has 0 spiro atoms. The maximum Gasteiger partial charge on any atom is 0.406 e. The fourth-order valence-corrected chi connectivity index (χ4v) is 3.33. The molecular weight excluding hydrogens is 376 g/mol. The third-order valence-electron chi connectivity index (χ3n) is 3.55. The van der Waals surface area contributed by atoms with Crippen LogP contribution < -0.4 is 14.2 Å². The number of benzene rings is 1. The van der Waals surface area contributed by atoms with Crippen molar-refractivity contribution in [1.82, 2.24) is 4.98 Å². The van der Waals surface area contributed by atoms with Crippen LogP contribution in [0.5, 0.6) is 17.2 Å². The maximum atomic E-state index is 12.4. The van der Waals surface area contributed by atoms with Crippen LogP contribution in [0, 0.1) is 10.1 Å². The molecule has 1 aromatic heterocycles. The predicted molar refractivity (Wildman–Crippen MR) is 98.6 cm³/mol. The van der Waals surface area contributed by atoms with Crippen molar-refractivity contribution < 1.29 is 27.6 Å². The van der Waals surface area contributed by atoms with Crippen LogP contribution in [0.25, 0.3) is 6.08 Å². The summed E-state index contributed by atoms with van der Waals surface area (Å²) in [6.07, 6.45) is 1.35. The summed E-state index contributed by atoms with van der Waals surface area (Å²) in [5.41, 5.74) is 0.485. The largest absolute Gasteiger partial charge is 0.496 e.